The molecule has 1 aromatic rings. The van der Waals surface area contributed by atoms with E-state index in [0.29, 0.717) is 23.7 Å². The second-order valence-electron chi connectivity index (χ2n) is 10.7. The highest BCUT2D eigenvalue weighted by Crippen LogP contribution is 2.67. The van der Waals surface area contributed by atoms with Gasteiger partial charge < -0.3 is 19.8 Å². The number of hydrogen-bond acceptors (Lipinski definition) is 5. The molecule has 2 unspecified atom stereocenters. The molecule has 7 nitrogen and oxygen atoms in total. The fourth-order valence-electron chi connectivity index (χ4n) is 6.58. The maximum absolute atomic E-state index is 14.6. The zero-order valence-electron chi connectivity index (χ0n) is 22.4. The van der Waals surface area contributed by atoms with Crippen molar-refractivity contribution in [3.8, 4) is 0 Å². The number of carbonyl (C=O) groups excluding carboxylic acids is 3. The second kappa shape index (κ2) is 11.4. The third-order valence-corrected chi connectivity index (χ3v) is 10.8. The predicted molar refractivity (Wildman–Crippen MR) is 153 cm³/mol. The maximum atomic E-state index is 14.6. The predicted octanol–water partition coefficient (Wildman–Crippen LogP) is 4.00. The SMILES string of the molecule is C=CCN(C)C(=O)[C@@H]1[C@H]2C(=O)N([C@@H](CO)[C@@H](C)CC)C(C(=O)N(CC=C)c3ccc(Cl)cc3)C23CC[C@H]1S3. The van der Waals surface area contributed by atoms with Crippen LogP contribution >= 0.6 is 23.4 Å². The molecule has 3 aliphatic heterocycles. The molecule has 0 radical (unpaired) electrons. The highest BCUT2D eigenvalue weighted by molar-refractivity contribution is 8.02. The van der Waals surface area contributed by atoms with Crippen LogP contribution in [0.15, 0.2) is 49.6 Å². The molecule has 206 valence electrons. The van der Waals surface area contributed by atoms with Crippen LogP contribution in [0.5, 0.6) is 0 Å². The van der Waals surface area contributed by atoms with E-state index in [9.17, 15) is 19.5 Å². The van der Waals surface area contributed by atoms with Crippen LogP contribution < -0.4 is 4.90 Å². The van der Waals surface area contributed by atoms with Crippen LogP contribution in [0, 0.1) is 17.8 Å². The van der Waals surface area contributed by atoms with E-state index < -0.39 is 28.7 Å². The molecule has 7 atom stereocenters. The standard InChI is InChI=1S/C29H38ClN3O4S/c1-6-15-31(5)26(35)23-22-13-14-29(38-22)24(23)27(36)33(21(17-34)18(4)8-3)25(29)28(37)32(16-7-2)20-11-9-19(30)10-12-20/h6-7,9-12,18,21-25,34H,1-2,8,13-17H2,3-5H3/t18-,21-,22+,23-,24-,25?,29?/m0/s1. The van der Waals surface area contributed by atoms with Crippen molar-refractivity contribution in [3.05, 3.63) is 54.6 Å². The molecule has 3 saturated heterocycles. The van der Waals surface area contributed by atoms with Crippen molar-refractivity contribution < 1.29 is 19.5 Å². The van der Waals surface area contributed by atoms with Crippen LogP contribution in [-0.4, -0.2) is 81.5 Å². The lowest BCUT2D eigenvalue weighted by Gasteiger charge is -2.41. The minimum Gasteiger partial charge on any atom is -0.394 e. The average molecular weight is 560 g/mol. The van der Waals surface area contributed by atoms with E-state index in [2.05, 4.69) is 13.2 Å². The Kier molecular flexibility index (Phi) is 8.65. The number of halogens is 1. The molecule has 1 N–H and O–H groups in total. The number of aliphatic hydroxyl groups is 1. The Hall–Kier alpha value is -2.29. The van der Waals surface area contributed by atoms with Gasteiger partial charge in [0, 0.05) is 36.1 Å². The summed E-state index contributed by atoms with van der Waals surface area (Å²) >= 11 is 7.75. The fraction of sp³-hybridized carbons (Fsp3) is 0.552. The Morgan fingerprint density at radius 1 is 1.24 bits per heavy atom. The third kappa shape index (κ3) is 4.58. The number of anilines is 1. The van der Waals surface area contributed by atoms with E-state index in [0.717, 1.165) is 12.8 Å². The van der Waals surface area contributed by atoms with Gasteiger partial charge in [-0.15, -0.1) is 24.9 Å². The van der Waals surface area contributed by atoms with Crippen molar-refractivity contribution in [2.24, 2.45) is 17.8 Å². The number of likely N-dealkylation sites (N-methyl/N-ethyl adjacent to an activating group) is 1. The van der Waals surface area contributed by atoms with Gasteiger partial charge in [-0.05, 0) is 43.0 Å². The van der Waals surface area contributed by atoms with E-state index in [1.807, 2.05) is 13.8 Å². The van der Waals surface area contributed by atoms with Gasteiger partial charge in [0.05, 0.1) is 29.2 Å². The summed E-state index contributed by atoms with van der Waals surface area (Å²) in [5.41, 5.74) is 0.659. The number of amides is 3. The summed E-state index contributed by atoms with van der Waals surface area (Å²) in [4.78, 5) is 47.5. The zero-order valence-corrected chi connectivity index (χ0v) is 24.0. The second-order valence-corrected chi connectivity index (χ2v) is 12.7. The minimum atomic E-state index is -0.806. The van der Waals surface area contributed by atoms with Gasteiger partial charge in [-0.3, -0.25) is 14.4 Å². The highest BCUT2D eigenvalue weighted by Gasteiger charge is 2.74. The van der Waals surface area contributed by atoms with Crippen LogP contribution in [0.25, 0.3) is 0 Å². The summed E-state index contributed by atoms with van der Waals surface area (Å²) in [6.07, 6.45) is 5.51. The van der Waals surface area contributed by atoms with Crippen molar-refractivity contribution in [1.29, 1.82) is 0 Å². The summed E-state index contributed by atoms with van der Waals surface area (Å²) in [5, 5.41) is 11.0. The van der Waals surface area contributed by atoms with E-state index in [-0.39, 0.29) is 42.0 Å². The molecule has 1 spiro atoms. The smallest absolute Gasteiger partial charge is 0.251 e. The highest BCUT2D eigenvalue weighted by atomic mass is 35.5. The normalized spacial score (nSPS) is 29.1. The van der Waals surface area contributed by atoms with Crippen molar-refractivity contribution in [2.45, 2.75) is 55.2 Å². The van der Waals surface area contributed by atoms with Gasteiger partial charge in [-0.2, -0.15) is 0 Å². The van der Waals surface area contributed by atoms with Crippen LogP contribution in [0.3, 0.4) is 0 Å². The molecular formula is C29H38ClN3O4S. The number of nitrogens with zero attached hydrogens (tertiary/aromatic N) is 3. The Morgan fingerprint density at radius 2 is 1.89 bits per heavy atom. The first-order valence-electron chi connectivity index (χ1n) is 13.3. The molecule has 3 aliphatic rings. The number of thioether (sulfide) groups is 1. The van der Waals surface area contributed by atoms with Crippen molar-refractivity contribution in [3.63, 3.8) is 0 Å². The van der Waals surface area contributed by atoms with E-state index in [1.54, 1.807) is 69.9 Å². The molecule has 4 rings (SSSR count). The van der Waals surface area contributed by atoms with Crippen LogP contribution in [0.2, 0.25) is 5.02 Å². The number of aliphatic hydroxyl groups excluding tert-OH is 1. The number of rotatable bonds is 11. The molecule has 3 fully saturated rings. The Morgan fingerprint density at radius 3 is 2.47 bits per heavy atom. The lowest BCUT2D eigenvalue weighted by molar-refractivity contribution is -0.145. The van der Waals surface area contributed by atoms with Crippen LogP contribution in [-0.2, 0) is 14.4 Å². The average Bonchev–Trinajstić information content (AvgIpc) is 3.55. The first-order chi connectivity index (χ1) is 18.2. The number of carbonyl (C=O) groups is 3. The molecular weight excluding hydrogens is 522 g/mol. The molecule has 9 heteroatoms. The lowest BCUT2D eigenvalue weighted by atomic mass is 9.70. The molecule has 3 amide bonds. The van der Waals surface area contributed by atoms with Gasteiger partial charge in [0.15, 0.2) is 0 Å². The number of benzene rings is 1. The zero-order chi connectivity index (χ0) is 27.8. The van der Waals surface area contributed by atoms with Crippen molar-refractivity contribution in [1.82, 2.24) is 9.80 Å². The molecule has 2 bridgehead atoms. The Balaban J connectivity index is 1.83. The lowest BCUT2D eigenvalue weighted by Crippen LogP contribution is -2.58. The summed E-state index contributed by atoms with van der Waals surface area (Å²) < 4.78 is -0.735. The minimum absolute atomic E-state index is 0.0271. The molecule has 38 heavy (non-hydrogen) atoms. The van der Waals surface area contributed by atoms with Gasteiger partial charge in [0.1, 0.15) is 6.04 Å². The largest absolute Gasteiger partial charge is 0.394 e. The van der Waals surface area contributed by atoms with E-state index >= 15 is 0 Å². The van der Waals surface area contributed by atoms with Gasteiger partial charge in [-0.25, -0.2) is 0 Å². The summed E-state index contributed by atoms with van der Waals surface area (Å²) in [6, 6.07) is 5.70. The quantitative estimate of drug-likeness (QED) is 0.414. The molecule has 0 aromatic heterocycles. The van der Waals surface area contributed by atoms with Crippen LogP contribution in [0.4, 0.5) is 5.69 Å². The number of likely N-dealkylation sites (tertiary alicyclic amines) is 1. The fourth-order valence-corrected chi connectivity index (χ4v) is 8.90. The molecule has 1 aromatic carbocycles. The summed E-state index contributed by atoms with van der Waals surface area (Å²) in [6.45, 7) is 12.0. The summed E-state index contributed by atoms with van der Waals surface area (Å²) in [5.74, 6) is -1.65. The number of hydrogen-bond donors (Lipinski definition) is 1. The van der Waals surface area contributed by atoms with Gasteiger partial charge >= 0.3 is 0 Å². The first-order valence-corrected chi connectivity index (χ1v) is 14.6. The number of fused-ring (bicyclic) bond motifs is 1. The van der Waals surface area contributed by atoms with E-state index in [4.69, 9.17) is 11.6 Å². The van der Waals surface area contributed by atoms with Crippen molar-refractivity contribution in [2.75, 3.05) is 31.6 Å². The van der Waals surface area contributed by atoms with Crippen LogP contribution in [0.1, 0.15) is 33.1 Å². The third-order valence-electron chi connectivity index (χ3n) is 8.60. The summed E-state index contributed by atoms with van der Waals surface area (Å²) in [7, 11) is 1.73. The molecule has 3 heterocycles. The monoisotopic (exact) mass is 559 g/mol. The van der Waals surface area contributed by atoms with Crippen molar-refractivity contribution >= 4 is 46.8 Å². The molecule has 0 saturated carbocycles. The topological polar surface area (TPSA) is 81.2 Å². The first kappa shape index (κ1) is 28.7. The Bertz CT molecular complexity index is 1100. The van der Waals surface area contributed by atoms with Gasteiger partial charge in [-0.1, -0.05) is 44.0 Å². The van der Waals surface area contributed by atoms with Gasteiger partial charge in [0.2, 0.25) is 11.8 Å². The van der Waals surface area contributed by atoms with E-state index in [1.165, 1.54) is 0 Å². The maximum Gasteiger partial charge on any atom is 0.251 e. The molecule has 0 aliphatic carbocycles. The van der Waals surface area contributed by atoms with Gasteiger partial charge in [0.25, 0.3) is 5.91 Å². The Labute approximate surface area is 234 Å².